The van der Waals surface area contributed by atoms with E-state index in [1.54, 1.807) is 18.2 Å². The summed E-state index contributed by atoms with van der Waals surface area (Å²) in [5, 5.41) is 7.20. The molecular weight excluding hydrogens is 336 g/mol. The van der Waals surface area contributed by atoms with E-state index in [9.17, 15) is 13.6 Å². The van der Waals surface area contributed by atoms with Crippen molar-refractivity contribution in [1.29, 1.82) is 0 Å². The zero-order valence-electron chi connectivity index (χ0n) is 12.3. The number of hydrogen-bond donors (Lipinski definition) is 1. The molecule has 0 aliphatic heterocycles. The van der Waals surface area contributed by atoms with Crippen LogP contribution in [-0.2, 0) is 6.54 Å². The zero-order chi connectivity index (χ0) is 17.1. The minimum Gasteiger partial charge on any atom is -0.307 e. The Hall–Kier alpha value is -2.73. The second-order valence-corrected chi connectivity index (χ2v) is 5.49. The molecule has 0 aliphatic carbocycles. The van der Waals surface area contributed by atoms with Crippen LogP contribution >= 0.6 is 11.6 Å². The van der Waals surface area contributed by atoms with Crippen LogP contribution in [0.2, 0.25) is 5.02 Å². The van der Waals surface area contributed by atoms with Crippen LogP contribution in [0.25, 0.3) is 0 Å². The molecule has 3 rings (SSSR count). The third kappa shape index (κ3) is 3.44. The molecule has 1 N–H and O–H groups in total. The van der Waals surface area contributed by atoms with Crippen molar-refractivity contribution in [3.05, 3.63) is 82.5 Å². The van der Waals surface area contributed by atoms with Crippen LogP contribution in [0.4, 0.5) is 14.6 Å². The number of benzene rings is 2. The number of halogens is 3. The van der Waals surface area contributed by atoms with Crippen molar-refractivity contribution in [3.8, 4) is 0 Å². The molecule has 0 aliphatic rings. The molecule has 0 unspecified atom stereocenters. The fourth-order valence-corrected chi connectivity index (χ4v) is 2.35. The van der Waals surface area contributed by atoms with E-state index in [1.807, 2.05) is 12.1 Å². The van der Waals surface area contributed by atoms with Gasteiger partial charge >= 0.3 is 0 Å². The molecule has 0 saturated heterocycles. The number of hydrogen-bond acceptors (Lipinski definition) is 2. The second-order valence-electron chi connectivity index (χ2n) is 5.05. The first kappa shape index (κ1) is 16.1. The molecule has 122 valence electrons. The fourth-order valence-electron chi connectivity index (χ4n) is 2.22. The maximum absolute atomic E-state index is 13.7. The summed E-state index contributed by atoms with van der Waals surface area (Å²) in [6.07, 6.45) is 1.49. The van der Waals surface area contributed by atoms with Crippen molar-refractivity contribution in [2.75, 3.05) is 5.32 Å². The monoisotopic (exact) mass is 347 g/mol. The quantitative estimate of drug-likeness (QED) is 0.772. The van der Waals surface area contributed by atoms with Gasteiger partial charge in [-0.05, 0) is 29.8 Å². The molecule has 0 saturated carbocycles. The number of nitrogens with one attached hydrogen (secondary N) is 1. The van der Waals surface area contributed by atoms with Crippen molar-refractivity contribution in [3.63, 3.8) is 0 Å². The molecule has 0 atom stereocenters. The molecule has 1 amide bonds. The Morgan fingerprint density at radius 3 is 2.42 bits per heavy atom. The van der Waals surface area contributed by atoms with Gasteiger partial charge in [-0.15, -0.1) is 0 Å². The van der Waals surface area contributed by atoms with E-state index in [2.05, 4.69) is 10.4 Å². The third-order valence-corrected chi connectivity index (χ3v) is 3.65. The Morgan fingerprint density at radius 1 is 1.08 bits per heavy atom. The number of carbonyl (C=O) groups excluding carboxylic acids is 1. The molecule has 1 heterocycles. The summed E-state index contributed by atoms with van der Waals surface area (Å²) in [7, 11) is 0. The van der Waals surface area contributed by atoms with E-state index >= 15 is 0 Å². The van der Waals surface area contributed by atoms with Crippen molar-refractivity contribution in [1.82, 2.24) is 9.78 Å². The first-order valence-electron chi connectivity index (χ1n) is 7.06. The van der Waals surface area contributed by atoms with Gasteiger partial charge in [0, 0.05) is 11.1 Å². The zero-order valence-corrected chi connectivity index (χ0v) is 13.1. The van der Waals surface area contributed by atoms with Gasteiger partial charge in [-0.2, -0.15) is 5.10 Å². The van der Waals surface area contributed by atoms with Crippen molar-refractivity contribution in [2.45, 2.75) is 6.54 Å². The number of amides is 1. The standard InChI is InChI=1S/C17H12ClF2N3O/c18-12-6-4-11(5-7-12)10-23-15(8-9-21-23)22-17(24)16-13(19)2-1-3-14(16)20/h1-9H,10H2,(H,22,24). The van der Waals surface area contributed by atoms with Crippen LogP contribution in [0.5, 0.6) is 0 Å². The molecule has 0 bridgehead atoms. The van der Waals surface area contributed by atoms with Gasteiger partial charge in [-0.3, -0.25) is 4.79 Å². The van der Waals surface area contributed by atoms with Gasteiger partial charge in [-0.25, -0.2) is 13.5 Å². The summed E-state index contributed by atoms with van der Waals surface area (Å²) >= 11 is 5.84. The number of carbonyl (C=O) groups is 1. The van der Waals surface area contributed by atoms with E-state index in [0.29, 0.717) is 17.4 Å². The van der Waals surface area contributed by atoms with Gasteiger partial charge in [0.25, 0.3) is 5.91 Å². The second kappa shape index (κ2) is 6.80. The van der Waals surface area contributed by atoms with Crippen molar-refractivity contribution >= 4 is 23.3 Å². The summed E-state index contributed by atoms with van der Waals surface area (Å²) in [6, 6.07) is 11.9. The smallest absolute Gasteiger partial charge is 0.262 e. The predicted octanol–water partition coefficient (Wildman–Crippen LogP) is 4.12. The highest BCUT2D eigenvalue weighted by atomic mass is 35.5. The van der Waals surface area contributed by atoms with Crippen LogP contribution in [0.1, 0.15) is 15.9 Å². The lowest BCUT2D eigenvalue weighted by Crippen LogP contribution is -2.18. The first-order chi connectivity index (χ1) is 11.5. The molecule has 7 heteroatoms. The Balaban J connectivity index is 1.80. The SMILES string of the molecule is O=C(Nc1ccnn1Cc1ccc(Cl)cc1)c1c(F)cccc1F. The number of rotatable bonds is 4. The Bertz CT molecular complexity index is 858. The van der Waals surface area contributed by atoms with Gasteiger partial charge in [-0.1, -0.05) is 29.8 Å². The lowest BCUT2D eigenvalue weighted by atomic mass is 10.2. The molecule has 0 spiro atoms. The van der Waals surface area contributed by atoms with E-state index in [0.717, 1.165) is 17.7 Å². The van der Waals surface area contributed by atoms with Crippen LogP contribution in [-0.4, -0.2) is 15.7 Å². The molecule has 0 radical (unpaired) electrons. The number of anilines is 1. The predicted molar refractivity (Wildman–Crippen MR) is 87.1 cm³/mol. The molecule has 1 aromatic heterocycles. The minimum absolute atomic E-state index is 0.331. The normalized spacial score (nSPS) is 10.6. The molecule has 3 aromatic rings. The highest BCUT2D eigenvalue weighted by Crippen LogP contribution is 2.17. The summed E-state index contributed by atoms with van der Waals surface area (Å²) in [4.78, 5) is 12.2. The van der Waals surface area contributed by atoms with E-state index < -0.39 is 23.1 Å². The summed E-state index contributed by atoms with van der Waals surface area (Å²) in [5.74, 6) is -2.38. The maximum Gasteiger partial charge on any atom is 0.262 e. The van der Waals surface area contributed by atoms with Gasteiger partial charge in [0.1, 0.15) is 23.0 Å². The maximum atomic E-state index is 13.7. The first-order valence-corrected chi connectivity index (χ1v) is 7.44. The van der Waals surface area contributed by atoms with Gasteiger partial charge < -0.3 is 5.32 Å². The number of aromatic nitrogens is 2. The van der Waals surface area contributed by atoms with Gasteiger partial charge in [0.15, 0.2) is 0 Å². The van der Waals surface area contributed by atoms with E-state index in [1.165, 1.54) is 16.9 Å². The van der Waals surface area contributed by atoms with Crippen LogP contribution in [0, 0.1) is 11.6 Å². The van der Waals surface area contributed by atoms with Crippen molar-refractivity contribution in [2.24, 2.45) is 0 Å². The topological polar surface area (TPSA) is 46.9 Å². The van der Waals surface area contributed by atoms with Crippen LogP contribution in [0.15, 0.2) is 54.7 Å². The van der Waals surface area contributed by atoms with E-state index in [4.69, 9.17) is 11.6 Å². The van der Waals surface area contributed by atoms with Crippen molar-refractivity contribution < 1.29 is 13.6 Å². The lowest BCUT2D eigenvalue weighted by Gasteiger charge is -2.10. The highest BCUT2D eigenvalue weighted by molar-refractivity contribution is 6.30. The summed E-state index contributed by atoms with van der Waals surface area (Å²) < 4.78 is 28.9. The molecule has 0 fully saturated rings. The molecule has 2 aromatic carbocycles. The van der Waals surface area contributed by atoms with Crippen LogP contribution in [0.3, 0.4) is 0 Å². The Kier molecular flexibility index (Phi) is 4.57. The summed E-state index contributed by atoms with van der Waals surface area (Å²) in [5.41, 5.74) is 0.285. The average molecular weight is 348 g/mol. The lowest BCUT2D eigenvalue weighted by molar-refractivity contribution is 0.101. The molecule has 24 heavy (non-hydrogen) atoms. The number of nitrogens with zero attached hydrogens (tertiary/aromatic N) is 2. The fraction of sp³-hybridized carbons (Fsp3) is 0.0588. The highest BCUT2D eigenvalue weighted by Gasteiger charge is 2.18. The Morgan fingerprint density at radius 2 is 1.75 bits per heavy atom. The third-order valence-electron chi connectivity index (χ3n) is 3.39. The van der Waals surface area contributed by atoms with E-state index in [-0.39, 0.29) is 0 Å². The average Bonchev–Trinajstić information content (AvgIpc) is 2.96. The largest absolute Gasteiger partial charge is 0.307 e. The molecule has 4 nitrogen and oxygen atoms in total. The minimum atomic E-state index is -0.920. The Labute approximate surface area is 141 Å². The molecular formula is C17H12ClF2N3O. The van der Waals surface area contributed by atoms with Crippen LogP contribution < -0.4 is 5.32 Å². The van der Waals surface area contributed by atoms with Gasteiger partial charge in [0.05, 0.1) is 12.7 Å². The summed E-state index contributed by atoms with van der Waals surface area (Å²) in [6.45, 7) is 0.375. The van der Waals surface area contributed by atoms with Gasteiger partial charge in [0.2, 0.25) is 0 Å².